The standard InChI is InChI=1S/C22H23N3O3S/c1-16-6-4-5-15-25(16)29(27,28)19-12-9-18(10-13-19)22(26)24-21-14-11-17-7-2-3-8-20(17)23-21/h2-3,7-14,16H,4-6,15H2,1H3,(H,23,24,26)/t16-/m1/s1. The summed E-state index contributed by atoms with van der Waals surface area (Å²) in [6.45, 7) is 2.48. The highest BCUT2D eigenvalue weighted by Gasteiger charge is 2.30. The number of piperidine rings is 1. The van der Waals surface area contributed by atoms with E-state index in [1.54, 1.807) is 10.4 Å². The number of fused-ring (bicyclic) bond motifs is 1. The average molecular weight is 410 g/mol. The van der Waals surface area contributed by atoms with Crippen LogP contribution in [0.15, 0.2) is 65.6 Å². The number of aromatic nitrogens is 1. The molecule has 1 amide bonds. The van der Waals surface area contributed by atoms with E-state index in [0.717, 1.165) is 30.2 Å². The number of hydrogen-bond donors (Lipinski definition) is 1. The molecule has 0 radical (unpaired) electrons. The molecule has 1 aromatic heterocycles. The van der Waals surface area contributed by atoms with Crippen LogP contribution in [0.3, 0.4) is 0 Å². The number of pyridine rings is 1. The van der Waals surface area contributed by atoms with Gasteiger partial charge >= 0.3 is 0 Å². The number of benzene rings is 2. The molecule has 0 unspecified atom stereocenters. The van der Waals surface area contributed by atoms with Crippen LogP contribution in [0.4, 0.5) is 5.82 Å². The van der Waals surface area contributed by atoms with E-state index >= 15 is 0 Å². The third-order valence-electron chi connectivity index (χ3n) is 5.31. The number of amides is 1. The highest BCUT2D eigenvalue weighted by molar-refractivity contribution is 7.89. The maximum Gasteiger partial charge on any atom is 0.256 e. The fourth-order valence-electron chi connectivity index (χ4n) is 3.67. The number of nitrogens with zero attached hydrogens (tertiary/aromatic N) is 2. The van der Waals surface area contributed by atoms with E-state index in [9.17, 15) is 13.2 Å². The van der Waals surface area contributed by atoms with Crippen LogP contribution < -0.4 is 5.32 Å². The molecule has 1 saturated heterocycles. The summed E-state index contributed by atoms with van der Waals surface area (Å²) in [7, 11) is -3.55. The van der Waals surface area contributed by atoms with Gasteiger partial charge in [-0.1, -0.05) is 24.6 Å². The summed E-state index contributed by atoms with van der Waals surface area (Å²) in [6, 6.07) is 17.4. The van der Waals surface area contributed by atoms with Gasteiger partial charge in [-0.3, -0.25) is 4.79 Å². The van der Waals surface area contributed by atoms with Gasteiger partial charge in [0, 0.05) is 23.5 Å². The molecule has 6 nitrogen and oxygen atoms in total. The highest BCUT2D eigenvalue weighted by Crippen LogP contribution is 2.25. The first-order chi connectivity index (χ1) is 13.9. The van der Waals surface area contributed by atoms with Gasteiger partial charge in [-0.05, 0) is 62.2 Å². The number of sulfonamides is 1. The van der Waals surface area contributed by atoms with Crippen molar-refractivity contribution in [2.45, 2.75) is 37.1 Å². The summed E-state index contributed by atoms with van der Waals surface area (Å²) in [5, 5.41) is 3.76. The SMILES string of the molecule is C[C@@H]1CCCCN1S(=O)(=O)c1ccc(C(=O)Nc2ccc3ccccc3n2)cc1. The lowest BCUT2D eigenvalue weighted by molar-refractivity contribution is 0.102. The summed E-state index contributed by atoms with van der Waals surface area (Å²) >= 11 is 0. The van der Waals surface area contributed by atoms with Crippen molar-refractivity contribution in [1.82, 2.24) is 9.29 Å². The van der Waals surface area contributed by atoms with Crippen molar-refractivity contribution in [3.8, 4) is 0 Å². The number of carbonyl (C=O) groups is 1. The third-order valence-corrected chi connectivity index (χ3v) is 7.33. The van der Waals surface area contributed by atoms with Crippen LogP contribution in [0.1, 0.15) is 36.5 Å². The topological polar surface area (TPSA) is 79.4 Å². The molecule has 0 saturated carbocycles. The summed E-state index contributed by atoms with van der Waals surface area (Å²) < 4.78 is 27.4. The Bertz CT molecular complexity index is 1140. The molecule has 2 heterocycles. The molecule has 29 heavy (non-hydrogen) atoms. The van der Waals surface area contributed by atoms with Gasteiger partial charge in [0.2, 0.25) is 10.0 Å². The Labute approximate surface area is 170 Å². The smallest absolute Gasteiger partial charge is 0.256 e. The Kier molecular flexibility index (Phi) is 5.34. The Hall–Kier alpha value is -2.77. The van der Waals surface area contributed by atoms with Crippen molar-refractivity contribution in [3.63, 3.8) is 0 Å². The zero-order valence-corrected chi connectivity index (χ0v) is 17.0. The summed E-state index contributed by atoms with van der Waals surface area (Å²) in [5.74, 6) is 0.121. The average Bonchev–Trinajstić information content (AvgIpc) is 2.74. The molecule has 7 heteroatoms. The van der Waals surface area contributed by atoms with Gasteiger partial charge < -0.3 is 5.32 Å². The second-order valence-corrected chi connectivity index (χ2v) is 9.22. The van der Waals surface area contributed by atoms with Crippen LogP contribution in [0.25, 0.3) is 10.9 Å². The van der Waals surface area contributed by atoms with Crippen molar-refractivity contribution in [2.24, 2.45) is 0 Å². The fraction of sp³-hybridized carbons (Fsp3) is 0.273. The van der Waals surface area contributed by atoms with E-state index in [2.05, 4.69) is 10.3 Å². The third kappa shape index (κ3) is 4.02. The molecule has 0 spiro atoms. The highest BCUT2D eigenvalue weighted by atomic mass is 32.2. The summed E-state index contributed by atoms with van der Waals surface area (Å²) in [4.78, 5) is 17.2. The van der Waals surface area contributed by atoms with E-state index in [4.69, 9.17) is 0 Å². The normalized spacial score (nSPS) is 17.9. The Morgan fingerprint density at radius 3 is 2.55 bits per heavy atom. The minimum Gasteiger partial charge on any atom is -0.307 e. The van der Waals surface area contributed by atoms with Gasteiger partial charge in [-0.25, -0.2) is 13.4 Å². The van der Waals surface area contributed by atoms with Crippen molar-refractivity contribution in [1.29, 1.82) is 0 Å². The summed E-state index contributed by atoms with van der Waals surface area (Å²) in [6.07, 6.45) is 2.80. The first-order valence-electron chi connectivity index (χ1n) is 9.74. The van der Waals surface area contributed by atoms with Crippen LogP contribution in [0.5, 0.6) is 0 Å². The number of carbonyl (C=O) groups excluding carboxylic acids is 1. The van der Waals surface area contributed by atoms with E-state index in [0.29, 0.717) is 17.9 Å². The Morgan fingerprint density at radius 2 is 1.79 bits per heavy atom. The molecule has 1 fully saturated rings. The van der Waals surface area contributed by atoms with E-state index < -0.39 is 10.0 Å². The molecule has 3 aromatic rings. The number of para-hydroxylation sites is 1. The van der Waals surface area contributed by atoms with E-state index in [1.165, 1.54) is 24.3 Å². The van der Waals surface area contributed by atoms with Gasteiger partial charge in [0.15, 0.2) is 0 Å². The predicted molar refractivity (Wildman–Crippen MR) is 113 cm³/mol. The number of hydrogen-bond acceptors (Lipinski definition) is 4. The quantitative estimate of drug-likeness (QED) is 0.705. The molecule has 1 N–H and O–H groups in total. The second-order valence-electron chi connectivity index (χ2n) is 7.33. The molecule has 1 aliphatic heterocycles. The monoisotopic (exact) mass is 409 g/mol. The number of nitrogens with one attached hydrogen (secondary N) is 1. The van der Waals surface area contributed by atoms with Gasteiger partial charge in [-0.15, -0.1) is 0 Å². The van der Waals surface area contributed by atoms with Crippen LogP contribution in [0.2, 0.25) is 0 Å². The van der Waals surface area contributed by atoms with Gasteiger partial charge in [0.25, 0.3) is 5.91 Å². The molecule has 1 atom stereocenters. The molecule has 2 aromatic carbocycles. The van der Waals surface area contributed by atoms with E-state index in [-0.39, 0.29) is 16.8 Å². The van der Waals surface area contributed by atoms with Crippen molar-refractivity contribution >= 4 is 32.7 Å². The number of rotatable bonds is 4. The predicted octanol–water partition coefficient (Wildman–Crippen LogP) is 4.05. The molecule has 0 bridgehead atoms. The van der Waals surface area contributed by atoms with Crippen molar-refractivity contribution in [3.05, 3.63) is 66.2 Å². The van der Waals surface area contributed by atoms with Gasteiger partial charge in [0.1, 0.15) is 5.82 Å². The van der Waals surface area contributed by atoms with Crippen molar-refractivity contribution < 1.29 is 13.2 Å². The van der Waals surface area contributed by atoms with Crippen LogP contribution in [-0.2, 0) is 10.0 Å². The zero-order chi connectivity index (χ0) is 20.4. The van der Waals surface area contributed by atoms with Crippen molar-refractivity contribution in [2.75, 3.05) is 11.9 Å². The van der Waals surface area contributed by atoms with Crippen LogP contribution in [0, 0.1) is 0 Å². The maximum absolute atomic E-state index is 12.9. The molecular formula is C22H23N3O3S. The Balaban J connectivity index is 1.51. The first-order valence-corrected chi connectivity index (χ1v) is 11.2. The van der Waals surface area contributed by atoms with Crippen LogP contribution in [-0.4, -0.2) is 36.2 Å². The van der Waals surface area contributed by atoms with Gasteiger partial charge in [-0.2, -0.15) is 4.31 Å². The van der Waals surface area contributed by atoms with Crippen LogP contribution >= 0.6 is 0 Å². The lowest BCUT2D eigenvalue weighted by Gasteiger charge is -2.32. The first kappa shape index (κ1) is 19.5. The van der Waals surface area contributed by atoms with Gasteiger partial charge in [0.05, 0.1) is 10.4 Å². The molecule has 1 aliphatic rings. The Morgan fingerprint density at radius 1 is 1.03 bits per heavy atom. The zero-order valence-electron chi connectivity index (χ0n) is 16.2. The molecule has 4 rings (SSSR count). The molecule has 150 valence electrons. The maximum atomic E-state index is 12.9. The summed E-state index contributed by atoms with van der Waals surface area (Å²) in [5.41, 5.74) is 1.17. The lowest BCUT2D eigenvalue weighted by atomic mass is 10.1. The minimum atomic E-state index is -3.55. The van der Waals surface area contributed by atoms with E-state index in [1.807, 2.05) is 37.3 Å². The molecular weight excluding hydrogens is 386 g/mol. The molecule has 0 aliphatic carbocycles. The largest absolute Gasteiger partial charge is 0.307 e. The fourth-order valence-corrected chi connectivity index (χ4v) is 5.37. The number of anilines is 1. The second kappa shape index (κ2) is 7.93. The minimum absolute atomic E-state index is 0.00398. The lowest BCUT2D eigenvalue weighted by Crippen LogP contribution is -2.41.